The van der Waals surface area contributed by atoms with Gasteiger partial charge in [0.2, 0.25) is 0 Å². The van der Waals surface area contributed by atoms with E-state index in [2.05, 4.69) is 41.5 Å². The first-order chi connectivity index (χ1) is 14.5. The molecule has 0 aliphatic heterocycles. The van der Waals surface area contributed by atoms with Gasteiger partial charge in [-0.1, -0.05) is 60.8 Å². The van der Waals surface area contributed by atoms with Crippen LogP contribution in [0.4, 0.5) is 0 Å². The first kappa shape index (κ1) is 25.0. The van der Waals surface area contributed by atoms with Gasteiger partial charge < -0.3 is 0 Å². The first-order valence-electron chi connectivity index (χ1n) is 13.5. The van der Waals surface area contributed by atoms with Crippen LogP contribution >= 0.6 is 0 Å². The Kier molecular flexibility index (Phi) is 7.49. The average Bonchev–Trinajstić information content (AvgIpc) is 3.38. The molecular formula is C29H50O2. The second kappa shape index (κ2) is 9.30. The summed E-state index contributed by atoms with van der Waals surface area (Å²) in [7, 11) is 0. The Morgan fingerprint density at radius 1 is 0.806 bits per heavy atom. The SMILES string of the molecule is CCCC1CC(C)C2C3CC(C12)C(C)(C(C)=O)C3.CCCC1CC(C)CC1(C)C(C)=O. The predicted molar refractivity (Wildman–Crippen MR) is 130 cm³/mol. The average molecular weight is 431 g/mol. The minimum atomic E-state index is -0.00454. The molecule has 31 heavy (non-hydrogen) atoms. The van der Waals surface area contributed by atoms with Gasteiger partial charge >= 0.3 is 0 Å². The molecule has 0 aromatic rings. The van der Waals surface area contributed by atoms with E-state index in [9.17, 15) is 9.59 Å². The van der Waals surface area contributed by atoms with E-state index in [-0.39, 0.29) is 10.8 Å². The van der Waals surface area contributed by atoms with Gasteiger partial charge in [-0.05, 0) is 99.7 Å². The van der Waals surface area contributed by atoms with Crippen LogP contribution in [0.2, 0.25) is 0 Å². The van der Waals surface area contributed by atoms with Crippen molar-refractivity contribution in [1.82, 2.24) is 0 Å². The van der Waals surface area contributed by atoms with Gasteiger partial charge in [0.15, 0.2) is 0 Å². The second-order valence-corrected chi connectivity index (χ2v) is 12.7. The Labute approximate surface area is 192 Å². The Morgan fingerprint density at radius 3 is 1.97 bits per heavy atom. The third-order valence-corrected chi connectivity index (χ3v) is 10.7. The lowest BCUT2D eigenvalue weighted by molar-refractivity contribution is -0.131. The number of carbonyl (C=O) groups is 2. The Morgan fingerprint density at radius 2 is 1.42 bits per heavy atom. The summed E-state index contributed by atoms with van der Waals surface area (Å²) >= 11 is 0. The quantitative estimate of drug-likeness (QED) is 0.432. The molecule has 0 aromatic carbocycles. The number of hydrogen-bond acceptors (Lipinski definition) is 2. The lowest BCUT2D eigenvalue weighted by Gasteiger charge is -2.41. The van der Waals surface area contributed by atoms with Crippen molar-refractivity contribution in [2.45, 2.75) is 113 Å². The highest BCUT2D eigenvalue weighted by molar-refractivity contribution is 5.83. The van der Waals surface area contributed by atoms with Crippen molar-refractivity contribution in [3.05, 3.63) is 0 Å². The molecule has 0 N–H and O–H groups in total. The molecular weight excluding hydrogens is 380 g/mol. The predicted octanol–water partition coefficient (Wildman–Crippen LogP) is 7.74. The first-order valence-corrected chi connectivity index (χ1v) is 13.5. The van der Waals surface area contributed by atoms with Crippen molar-refractivity contribution >= 4 is 11.6 Å². The summed E-state index contributed by atoms with van der Waals surface area (Å²) < 4.78 is 0. The fourth-order valence-corrected chi connectivity index (χ4v) is 9.12. The minimum absolute atomic E-state index is 0.00454. The zero-order valence-electron chi connectivity index (χ0n) is 21.8. The number of fused-ring (bicyclic) bond motifs is 5. The largest absolute Gasteiger partial charge is 0.299 e. The lowest BCUT2D eigenvalue weighted by Crippen LogP contribution is -2.40. The molecule has 0 heterocycles. The molecule has 0 radical (unpaired) electrons. The summed E-state index contributed by atoms with van der Waals surface area (Å²) in [6.45, 7) is 17.3. The molecule has 10 unspecified atom stereocenters. The van der Waals surface area contributed by atoms with E-state index in [0.717, 1.165) is 41.9 Å². The number of Topliss-reactive ketones (excluding diaryl/α,β-unsaturated/α-hetero) is 2. The highest BCUT2D eigenvalue weighted by Crippen LogP contribution is 2.69. The van der Waals surface area contributed by atoms with Gasteiger partial charge in [0.25, 0.3) is 0 Å². The number of hydrogen-bond donors (Lipinski definition) is 0. The molecule has 10 atom stereocenters. The fourth-order valence-electron chi connectivity index (χ4n) is 9.12. The summed E-state index contributed by atoms with van der Waals surface area (Å²) in [5.74, 6) is 7.50. The summed E-state index contributed by atoms with van der Waals surface area (Å²) in [5, 5.41) is 0. The van der Waals surface area contributed by atoms with Gasteiger partial charge in [-0.2, -0.15) is 0 Å². The molecule has 4 fully saturated rings. The maximum atomic E-state index is 12.1. The summed E-state index contributed by atoms with van der Waals surface area (Å²) in [4.78, 5) is 23.7. The van der Waals surface area contributed by atoms with Crippen LogP contribution in [0.5, 0.6) is 0 Å². The van der Waals surface area contributed by atoms with Crippen molar-refractivity contribution in [2.75, 3.05) is 0 Å². The van der Waals surface area contributed by atoms with Gasteiger partial charge in [0.05, 0.1) is 0 Å². The molecule has 4 aliphatic rings. The van der Waals surface area contributed by atoms with E-state index in [4.69, 9.17) is 0 Å². The van der Waals surface area contributed by atoms with Crippen molar-refractivity contribution in [1.29, 1.82) is 0 Å². The monoisotopic (exact) mass is 430 g/mol. The summed E-state index contributed by atoms with van der Waals surface area (Å²) in [5.41, 5.74) is 0.0251. The third kappa shape index (κ3) is 4.31. The molecule has 0 amide bonds. The van der Waals surface area contributed by atoms with Crippen LogP contribution in [-0.4, -0.2) is 11.6 Å². The molecule has 2 bridgehead atoms. The Balaban J connectivity index is 0.000000187. The number of rotatable bonds is 6. The van der Waals surface area contributed by atoms with Crippen molar-refractivity contribution in [3.8, 4) is 0 Å². The van der Waals surface area contributed by atoms with Gasteiger partial charge in [-0.25, -0.2) is 0 Å². The van der Waals surface area contributed by atoms with Gasteiger partial charge in [-0.15, -0.1) is 0 Å². The minimum Gasteiger partial charge on any atom is -0.299 e. The summed E-state index contributed by atoms with van der Waals surface area (Å²) in [6, 6.07) is 0. The molecule has 0 spiro atoms. The molecule has 2 heteroatoms. The normalized spacial score (nSPS) is 47.7. The zero-order chi connectivity index (χ0) is 23.1. The van der Waals surface area contributed by atoms with Crippen LogP contribution in [0.25, 0.3) is 0 Å². The van der Waals surface area contributed by atoms with Crippen LogP contribution in [0.3, 0.4) is 0 Å². The van der Waals surface area contributed by atoms with E-state index in [1.807, 2.05) is 6.92 Å². The lowest BCUT2D eigenvalue weighted by atomic mass is 9.62. The topological polar surface area (TPSA) is 34.1 Å². The van der Waals surface area contributed by atoms with Crippen LogP contribution in [-0.2, 0) is 9.59 Å². The molecule has 0 aromatic heterocycles. The molecule has 4 saturated carbocycles. The van der Waals surface area contributed by atoms with Crippen LogP contribution < -0.4 is 0 Å². The van der Waals surface area contributed by atoms with E-state index >= 15 is 0 Å². The molecule has 0 saturated heterocycles. The summed E-state index contributed by atoms with van der Waals surface area (Å²) in [6.07, 6.45) is 11.5. The van der Waals surface area contributed by atoms with Crippen molar-refractivity contribution in [3.63, 3.8) is 0 Å². The van der Waals surface area contributed by atoms with Gasteiger partial charge in [-0.3, -0.25) is 9.59 Å². The smallest absolute Gasteiger partial charge is 0.135 e. The third-order valence-electron chi connectivity index (χ3n) is 10.7. The second-order valence-electron chi connectivity index (χ2n) is 12.7. The molecule has 4 rings (SSSR count). The van der Waals surface area contributed by atoms with Crippen molar-refractivity contribution in [2.24, 2.45) is 58.2 Å². The van der Waals surface area contributed by atoms with Crippen LogP contribution in [0.1, 0.15) is 113 Å². The molecule has 4 aliphatic carbocycles. The van der Waals surface area contributed by atoms with Crippen LogP contribution in [0, 0.1) is 58.2 Å². The molecule has 2 nitrogen and oxygen atoms in total. The maximum Gasteiger partial charge on any atom is 0.135 e. The number of ketones is 2. The highest BCUT2D eigenvalue weighted by atomic mass is 16.1. The van der Waals surface area contributed by atoms with Gasteiger partial charge in [0.1, 0.15) is 11.6 Å². The maximum absolute atomic E-state index is 12.1. The van der Waals surface area contributed by atoms with E-state index in [0.29, 0.717) is 23.4 Å². The van der Waals surface area contributed by atoms with E-state index in [1.165, 1.54) is 51.4 Å². The Bertz CT molecular complexity index is 668. The van der Waals surface area contributed by atoms with Crippen molar-refractivity contribution < 1.29 is 9.59 Å². The molecule has 178 valence electrons. The zero-order valence-corrected chi connectivity index (χ0v) is 21.8. The fraction of sp³-hybridized carbons (Fsp3) is 0.931. The van der Waals surface area contributed by atoms with E-state index in [1.54, 1.807) is 6.92 Å². The van der Waals surface area contributed by atoms with E-state index < -0.39 is 0 Å². The highest BCUT2D eigenvalue weighted by Gasteiger charge is 2.64. The van der Waals surface area contributed by atoms with Crippen LogP contribution in [0.15, 0.2) is 0 Å². The van der Waals surface area contributed by atoms with Gasteiger partial charge in [0, 0.05) is 10.8 Å². The number of carbonyl (C=O) groups excluding carboxylic acids is 2. The standard InChI is InChI=1S/C17H28O.C12H22O/c1-5-6-12-7-10(2)15-13-8-14(16(12)15)17(4,9-13)11(3)18;1-5-6-11-7-9(2)8-12(11,4)10(3)13/h10,12-16H,5-9H2,1-4H3;9,11H,5-8H2,1-4H3. The Hall–Kier alpha value is -0.660.